The maximum Gasteiger partial charge on any atom is 0.161 e. The number of aryl methyl sites for hydroxylation is 1. The molecule has 0 aliphatic heterocycles. The number of anilines is 1. The molecule has 1 aromatic heterocycles. The summed E-state index contributed by atoms with van der Waals surface area (Å²) in [6.45, 7) is 4.77. The summed E-state index contributed by atoms with van der Waals surface area (Å²) >= 11 is 0. The zero-order valence-corrected chi connectivity index (χ0v) is 11.6. The molecule has 0 saturated carbocycles. The molecule has 0 aliphatic rings. The van der Waals surface area contributed by atoms with Crippen molar-refractivity contribution < 1.29 is 4.74 Å². The van der Waals surface area contributed by atoms with Gasteiger partial charge >= 0.3 is 0 Å². The van der Waals surface area contributed by atoms with Crippen LogP contribution in [0.2, 0.25) is 0 Å². The molecule has 0 fully saturated rings. The van der Waals surface area contributed by atoms with Gasteiger partial charge in [0.05, 0.1) is 6.61 Å². The lowest BCUT2D eigenvalue weighted by molar-refractivity contribution is 0.317. The molecule has 0 unspecified atom stereocenters. The van der Waals surface area contributed by atoms with E-state index in [2.05, 4.69) is 22.2 Å². The predicted octanol–water partition coefficient (Wildman–Crippen LogP) is 3.28. The number of nitrogens with zero attached hydrogens (tertiary/aromatic N) is 2. The summed E-state index contributed by atoms with van der Waals surface area (Å²) in [5, 5.41) is 3.04. The minimum atomic E-state index is 0.714. The largest absolute Gasteiger partial charge is 0.494 e. The van der Waals surface area contributed by atoms with Crippen LogP contribution < -0.4 is 10.1 Å². The number of aromatic nitrogens is 2. The Morgan fingerprint density at radius 2 is 2.05 bits per heavy atom. The molecule has 0 saturated heterocycles. The molecular weight excluding hydrogens is 238 g/mol. The Morgan fingerprint density at radius 1 is 1.21 bits per heavy atom. The molecule has 1 heterocycles. The Balaban J connectivity index is 2.32. The summed E-state index contributed by atoms with van der Waals surface area (Å²) in [5.74, 6) is 2.39. The van der Waals surface area contributed by atoms with Gasteiger partial charge in [-0.15, -0.1) is 0 Å². The van der Waals surface area contributed by atoms with Gasteiger partial charge in [0, 0.05) is 24.4 Å². The molecule has 0 radical (unpaired) electrons. The standard InChI is InChI=1S/C15H19N3O/c1-4-8-19-13-7-5-6-12(10-13)15-17-11(2)9-14(16-3)18-15/h5-7,9-10H,4,8H2,1-3H3,(H,16,17,18). The van der Waals surface area contributed by atoms with Crippen LogP contribution in [0.5, 0.6) is 5.75 Å². The van der Waals surface area contributed by atoms with Gasteiger partial charge in [-0.05, 0) is 25.5 Å². The highest BCUT2D eigenvalue weighted by molar-refractivity contribution is 5.59. The third kappa shape index (κ3) is 3.44. The summed E-state index contributed by atoms with van der Waals surface area (Å²) in [5.41, 5.74) is 1.91. The summed E-state index contributed by atoms with van der Waals surface area (Å²) in [6.07, 6.45) is 0.995. The van der Waals surface area contributed by atoms with Crippen LogP contribution in [0.25, 0.3) is 11.4 Å². The van der Waals surface area contributed by atoms with Crippen LogP contribution in [0.4, 0.5) is 5.82 Å². The third-order valence-electron chi connectivity index (χ3n) is 2.68. The van der Waals surface area contributed by atoms with E-state index in [1.807, 2.05) is 44.3 Å². The van der Waals surface area contributed by atoms with Crippen molar-refractivity contribution in [3.63, 3.8) is 0 Å². The molecule has 1 N–H and O–H groups in total. The minimum absolute atomic E-state index is 0.714. The molecule has 0 bridgehead atoms. The smallest absolute Gasteiger partial charge is 0.161 e. The van der Waals surface area contributed by atoms with E-state index in [0.717, 1.165) is 35.9 Å². The average Bonchev–Trinajstić information content (AvgIpc) is 2.44. The van der Waals surface area contributed by atoms with Gasteiger partial charge in [-0.25, -0.2) is 9.97 Å². The molecule has 4 nitrogen and oxygen atoms in total. The highest BCUT2D eigenvalue weighted by Gasteiger charge is 2.05. The molecule has 0 atom stereocenters. The van der Waals surface area contributed by atoms with Gasteiger partial charge in [0.15, 0.2) is 5.82 Å². The number of hydrogen-bond acceptors (Lipinski definition) is 4. The maximum atomic E-state index is 5.63. The van der Waals surface area contributed by atoms with E-state index in [0.29, 0.717) is 5.82 Å². The fraction of sp³-hybridized carbons (Fsp3) is 0.333. The SMILES string of the molecule is CCCOc1cccc(-c2nc(C)cc(NC)n2)c1. The van der Waals surface area contributed by atoms with Crippen LogP contribution in [0.1, 0.15) is 19.0 Å². The zero-order valence-electron chi connectivity index (χ0n) is 11.6. The summed E-state index contributed by atoms with van der Waals surface area (Å²) in [4.78, 5) is 8.93. The van der Waals surface area contributed by atoms with E-state index in [-0.39, 0.29) is 0 Å². The van der Waals surface area contributed by atoms with Crippen LogP contribution in [0.15, 0.2) is 30.3 Å². The molecule has 0 aliphatic carbocycles. The number of benzene rings is 1. The quantitative estimate of drug-likeness (QED) is 0.893. The highest BCUT2D eigenvalue weighted by atomic mass is 16.5. The Bertz CT molecular complexity index is 555. The lowest BCUT2D eigenvalue weighted by Crippen LogP contribution is -1.99. The molecule has 2 aromatic rings. The van der Waals surface area contributed by atoms with Crippen LogP contribution in [0.3, 0.4) is 0 Å². The van der Waals surface area contributed by atoms with Crippen molar-refractivity contribution in [2.24, 2.45) is 0 Å². The van der Waals surface area contributed by atoms with Crippen molar-refractivity contribution >= 4 is 5.82 Å². The van der Waals surface area contributed by atoms with Crippen molar-refractivity contribution in [3.05, 3.63) is 36.0 Å². The van der Waals surface area contributed by atoms with Gasteiger partial charge in [-0.2, -0.15) is 0 Å². The fourth-order valence-corrected chi connectivity index (χ4v) is 1.77. The van der Waals surface area contributed by atoms with Crippen molar-refractivity contribution in [1.29, 1.82) is 0 Å². The van der Waals surface area contributed by atoms with Crippen LogP contribution in [-0.2, 0) is 0 Å². The molecule has 0 spiro atoms. The highest BCUT2D eigenvalue weighted by Crippen LogP contribution is 2.22. The Morgan fingerprint density at radius 3 is 2.79 bits per heavy atom. The summed E-state index contributed by atoms with van der Waals surface area (Å²) in [6, 6.07) is 9.80. The van der Waals surface area contributed by atoms with Crippen molar-refractivity contribution in [2.45, 2.75) is 20.3 Å². The number of rotatable bonds is 5. The zero-order chi connectivity index (χ0) is 13.7. The Labute approximate surface area is 113 Å². The van der Waals surface area contributed by atoms with Crippen LogP contribution in [0, 0.1) is 6.92 Å². The molecular formula is C15H19N3O. The second kappa shape index (κ2) is 6.18. The van der Waals surface area contributed by atoms with Crippen molar-refractivity contribution in [3.8, 4) is 17.1 Å². The molecule has 2 rings (SSSR count). The molecule has 19 heavy (non-hydrogen) atoms. The molecule has 4 heteroatoms. The van der Waals surface area contributed by atoms with Gasteiger partial charge in [-0.1, -0.05) is 19.1 Å². The van der Waals surface area contributed by atoms with E-state index in [1.54, 1.807) is 0 Å². The topological polar surface area (TPSA) is 47.0 Å². The number of nitrogens with one attached hydrogen (secondary N) is 1. The number of hydrogen-bond donors (Lipinski definition) is 1. The summed E-state index contributed by atoms with van der Waals surface area (Å²) < 4.78 is 5.63. The first-order chi connectivity index (χ1) is 9.22. The maximum absolute atomic E-state index is 5.63. The molecule has 100 valence electrons. The second-order valence-electron chi connectivity index (χ2n) is 4.34. The fourth-order valence-electron chi connectivity index (χ4n) is 1.77. The first kappa shape index (κ1) is 13.3. The van der Waals surface area contributed by atoms with Gasteiger partial charge < -0.3 is 10.1 Å². The second-order valence-corrected chi connectivity index (χ2v) is 4.34. The first-order valence-electron chi connectivity index (χ1n) is 6.49. The Hall–Kier alpha value is -2.10. The normalized spacial score (nSPS) is 10.3. The van der Waals surface area contributed by atoms with E-state index in [9.17, 15) is 0 Å². The minimum Gasteiger partial charge on any atom is -0.494 e. The summed E-state index contributed by atoms with van der Waals surface area (Å²) in [7, 11) is 1.85. The van der Waals surface area contributed by atoms with Gasteiger partial charge in [-0.3, -0.25) is 0 Å². The number of ether oxygens (including phenoxy) is 1. The lowest BCUT2D eigenvalue weighted by atomic mass is 10.2. The van der Waals surface area contributed by atoms with E-state index in [1.165, 1.54) is 0 Å². The van der Waals surface area contributed by atoms with Gasteiger partial charge in [0.2, 0.25) is 0 Å². The Kier molecular flexibility index (Phi) is 4.34. The monoisotopic (exact) mass is 257 g/mol. The first-order valence-corrected chi connectivity index (χ1v) is 6.49. The van der Waals surface area contributed by atoms with E-state index in [4.69, 9.17) is 4.74 Å². The van der Waals surface area contributed by atoms with Crippen LogP contribution >= 0.6 is 0 Å². The van der Waals surface area contributed by atoms with Crippen molar-refractivity contribution in [1.82, 2.24) is 9.97 Å². The predicted molar refractivity (Wildman–Crippen MR) is 77.5 cm³/mol. The molecule has 1 aromatic carbocycles. The lowest BCUT2D eigenvalue weighted by Gasteiger charge is -2.08. The third-order valence-corrected chi connectivity index (χ3v) is 2.68. The molecule has 0 amide bonds. The average molecular weight is 257 g/mol. The van der Waals surface area contributed by atoms with Crippen molar-refractivity contribution in [2.75, 3.05) is 19.0 Å². The van der Waals surface area contributed by atoms with E-state index >= 15 is 0 Å². The van der Waals surface area contributed by atoms with Gasteiger partial charge in [0.1, 0.15) is 11.6 Å². The van der Waals surface area contributed by atoms with E-state index < -0.39 is 0 Å². The van der Waals surface area contributed by atoms with Gasteiger partial charge in [0.25, 0.3) is 0 Å². The van der Waals surface area contributed by atoms with Crippen LogP contribution in [-0.4, -0.2) is 23.6 Å².